The molecule has 2 N–H and O–H groups in total. The van der Waals surface area contributed by atoms with Crippen LogP contribution in [0, 0.1) is 5.92 Å². The van der Waals surface area contributed by atoms with Gasteiger partial charge in [-0.25, -0.2) is 0 Å². The van der Waals surface area contributed by atoms with Crippen molar-refractivity contribution in [1.29, 1.82) is 0 Å². The lowest BCUT2D eigenvalue weighted by molar-refractivity contribution is -0.114. The fourth-order valence-corrected chi connectivity index (χ4v) is 3.83. The fraction of sp³-hybridized carbons (Fsp3) is 0.611. The monoisotopic (exact) mass is 302 g/mol. The van der Waals surface area contributed by atoms with Crippen LogP contribution in [0.3, 0.4) is 0 Å². The van der Waals surface area contributed by atoms with Gasteiger partial charge in [0.15, 0.2) is 0 Å². The molecule has 1 amide bonds. The van der Waals surface area contributed by atoms with Crippen molar-refractivity contribution in [2.45, 2.75) is 57.5 Å². The number of fused-ring (bicyclic) bond motifs is 1. The summed E-state index contributed by atoms with van der Waals surface area (Å²) in [5.41, 5.74) is 0.807. The smallest absolute Gasteiger partial charge is 0.221 e. The minimum absolute atomic E-state index is 0.0532. The number of rotatable bonds is 6. The van der Waals surface area contributed by atoms with Gasteiger partial charge in [0.05, 0.1) is 6.61 Å². The molecule has 0 bridgehead atoms. The summed E-state index contributed by atoms with van der Waals surface area (Å²) in [6, 6.07) is 9.05. The van der Waals surface area contributed by atoms with Gasteiger partial charge in [-0.05, 0) is 62.3 Å². The molecular weight excluding hydrogens is 276 g/mol. The van der Waals surface area contributed by atoms with E-state index in [-0.39, 0.29) is 5.91 Å². The molecule has 0 spiro atoms. The van der Waals surface area contributed by atoms with E-state index in [1.54, 1.807) is 0 Å². The SMILES string of the molecule is CC(=O)Nc1ccc(OCCCC2CC3CCCC3N2)cc1. The maximum absolute atomic E-state index is 11.0. The van der Waals surface area contributed by atoms with Crippen molar-refractivity contribution in [3.63, 3.8) is 0 Å². The molecule has 1 heterocycles. The van der Waals surface area contributed by atoms with E-state index in [9.17, 15) is 4.79 Å². The Hall–Kier alpha value is -1.55. The highest BCUT2D eigenvalue weighted by Crippen LogP contribution is 2.35. The van der Waals surface area contributed by atoms with E-state index in [2.05, 4.69) is 10.6 Å². The van der Waals surface area contributed by atoms with Crippen molar-refractivity contribution < 1.29 is 9.53 Å². The molecule has 4 heteroatoms. The average Bonchev–Trinajstić information content (AvgIpc) is 3.06. The van der Waals surface area contributed by atoms with E-state index >= 15 is 0 Å². The van der Waals surface area contributed by atoms with Gasteiger partial charge in [-0.2, -0.15) is 0 Å². The Bertz CT molecular complexity index is 488. The van der Waals surface area contributed by atoms with E-state index in [1.165, 1.54) is 39.0 Å². The van der Waals surface area contributed by atoms with E-state index < -0.39 is 0 Å². The second-order valence-corrected chi connectivity index (χ2v) is 6.59. The Labute approximate surface area is 132 Å². The third-order valence-corrected chi connectivity index (χ3v) is 4.84. The Kier molecular flexibility index (Phi) is 4.98. The molecule has 1 aromatic carbocycles. The van der Waals surface area contributed by atoms with Crippen molar-refractivity contribution in [3.8, 4) is 5.75 Å². The summed E-state index contributed by atoms with van der Waals surface area (Å²) in [4.78, 5) is 11.0. The third kappa shape index (κ3) is 4.01. The topological polar surface area (TPSA) is 50.4 Å². The number of nitrogens with one attached hydrogen (secondary N) is 2. The van der Waals surface area contributed by atoms with Crippen LogP contribution in [-0.2, 0) is 4.79 Å². The van der Waals surface area contributed by atoms with Crippen molar-refractivity contribution in [1.82, 2.24) is 5.32 Å². The van der Waals surface area contributed by atoms with Gasteiger partial charge < -0.3 is 15.4 Å². The molecule has 0 aromatic heterocycles. The van der Waals surface area contributed by atoms with E-state index in [0.717, 1.165) is 36.4 Å². The lowest BCUT2D eigenvalue weighted by Crippen LogP contribution is -2.29. The second-order valence-electron chi connectivity index (χ2n) is 6.59. The number of carbonyl (C=O) groups is 1. The molecule has 3 unspecified atom stereocenters. The summed E-state index contributed by atoms with van der Waals surface area (Å²) >= 11 is 0. The molecule has 120 valence electrons. The Balaban J connectivity index is 1.34. The molecule has 1 saturated heterocycles. The largest absolute Gasteiger partial charge is 0.494 e. The number of amides is 1. The number of anilines is 1. The van der Waals surface area contributed by atoms with E-state index in [1.807, 2.05) is 24.3 Å². The van der Waals surface area contributed by atoms with Crippen molar-refractivity contribution in [3.05, 3.63) is 24.3 Å². The first-order chi connectivity index (χ1) is 10.7. The van der Waals surface area contributed by atoms with Gasteiger partial charge in [0.1, 0.15) is 5.75 Å². The summed E-state index contributed by atoms with van der Waals surface area (Å²) in [6.45, 7) is 2.27. The summed E-state index contributed by atoms with van der Waals surface area (Å²) in [6.07, 6.45) is 7.86. The normalized spacial score (nSPS) is 26.7. The highest BCUT2D eigenvalue weighted by atomic mass is 16.5. The standard InChI is InChI=1S/C18H26N2O2/c1-13(21)19-15-7-9-17(10-8-15)22-11-3-5-16-12-14-4-2-6-18(14)20-16/h7-10,14,16,18,20H,2-6,11-12H2,1H3,(H,19,21). The van der Waals surface area contributed by atoms with E-state index in [4.69, 9.17) is 4.74 Å². The molecule has 1 aliphatic carbocycles. The molecule has 2 fully saturated rings. The van der Waals surface area contributed by atoms with Crippen LogP contribution in [0.25, 0.3) is 0 Å². The molecule has 0 radical (unpaired) electrons. The summed E-state index contributed by atoms with van der Waals surface area (Å²) in [7, 11) is 0. The minimum atomic E-state index is -0.0532. The van der Waals surface area contributed by atoms with Crippen LogP contribution in [0.5, 0.6) is 5.75 Å². The predicted octanol–water partition coefficient (Wildman–Crippen LogP) is 3.33. The zero-order chi connectivity index (χ0) is 15.4. The summed E-state index contributed by atoms with van der Waals surface area (Å²) in [5.74, 6) is 1.75. The first-order valence-electron chi connectivity index (χ1n) is 8.47. The molecule has 1 saturated carbocycles. The number of ether oxygens (including phenoxy) is 1. The highest BCUT2D eigenvalue weighted by Gasteiger charge is 2.36. The van der Waals surface area contributed by atoms with Crippen LogP contribution in [0.15, 0.2) is 24.3 Å². The zero-order valence-electron chi connectivity index (χ0n) is 13.3. The number of hydrogen-bond donors (Lipinski definition) is 2. The van der Waals surface area contributed by atoms with E-state index in [0.29, 0.717) is 6.04 Å². The van der Waals surface area contributed by atoms with Gasteiger partial charge in [-0.3, -0.25) is 4.79 Å². The van der Waals surface area contributed by atoms with Crippen LogP contribution in [0.4, 0.5) is 5.69 Å². The Morgan fingerprint density at radius 3 is 2.86 bits per heavy atom. The van der Waals surface area contributed by atoms with Crippen molar-refractivity contribution in [2.75, 3.05) is 11.9 Å². The van der Waals surface area contributed by atoms with Crippen molar-refractivity contribution >= 4 is 11.6 Å². The Morgan fingerprint density at radius 2 is 2.14 bits per heavy atom. The predicted molar refractivity (Wildman–Crippen MR) is 88.1 cm³/mol. The van der Waals surface area contributed by atoms with Crippen LogP contribution in [-0.4, -0.2) is 24.6 Å². The first-order valence-corrected chi connectivity index (χ1v) is 8.47. The molecule has 1 aromatic rings. The van der Waals surface area contributed by atoms with Gasteiger partial charge in [0.25, 0.3) is 0 Å². The van der Waals surface area contributed by atoms with Crippen LogP contribution in [0.1, 0.15) is 45.4 Å². The van der Waals surface area contributed by atoms with Gasteiger partial charge in [0.2, 0.25) is 5.91 Å². The average molecular weight is 302 g/mol. The van der Waals surface area contributed by atoms with Gasteiger partial charge in [-0.1, -0.05) is 6.42 Å². The van der Waals surface area contributed by atoms with Crippen LogP contribution >= 0.6 is 0 Å². The molecule has 2 aliphatic rings. The lowest BCUT2D eigenvalue weighted by atomic mass is 10.00. The maximum Gasteiger partial charge on any atom is 0.221 e. The minimum Gasteiger partial charge on any atom is -0.494 e. The highest BCUT2D eigenvalue weighted by molar-refractivity contribution is 5.88. The van der Waals surface area contributed by atoms with Gasteiger partial charge >= 0.3 is 0 Å². The maximum atomic E-state index is 11.0. The summed E-state index contributed by atoms with van der Waals surface area (Å²) in [5, 5.41) is 6.53. The first kappa shape index (κ1) is 15.3. The molecule has 3 atom stereocenters. The molecule has 22 heavy (non-hydrogen) atoms. The molecule has 3 rings (SSSR count). The van der Waals surface area contributed by atoms with Crippen molar-refractivity contribution in [2.24, 2.45) is 5.92 Å². The third-order valence-electron chi connectivity index (χ3n) is 4.84. The molecular formula is C18H26N2O2. The molecule has 1 aliphatic heterocycles. The van der Waals surface area contributed by atoms with Crippen LogP contribution in [0.2, 0.25) is 0 Å². The molecule has 4 nitrogen and oxygen atoms in total. The van der Waals surface area contributed by atoms with Gasteiger partial charge in [-0.15, -0.1) is 0 Å². The fourth-order valence-electron chi connectivity index (χ4n) is 3.83. The lowest BCUT2D eigenvalue weighted by Gasteiger charge is -2.13. The zero-order valence-corrected chi connectivity index (χ0v) is 13.3. The quantitative estimate of drug-likeness (QED) is 0.792. The van der Waals surface area contributed by atoms with Gasteiger partial charge in [0, 0.05) is 24.7 Å². The second kappa shape index (κ2) is 7.14. The summed E-state index contributed by atoms with van der Waals surface area (Å²) < 4.78 is 5.78. The number of carbonyl (C=O) groups excluding carboxylic acids is 1. The van der Waals surface area contributed by atoms with Crippen LogP contribution < -0.4 is 15.4 Å². The number of benzene rings is 1. The Morgan fingerprint density at radius 1 is 1.32 bits per heavy atom. The number of hydrogen-bond acceptors (Lipinski definition) is 3.